The summed E-state index contributed by atoms with van der Waals surface area (Å²) in [6.45, 7) is 2.66. The Labute approximate surface area is 122 Å². The number of aliphatic hydroxyl groups is 1. The standard InChI is InChI=1S/C15H17NO5/c1-9(14(18)19)13(12(10(2)17)15(20)21)16-8-11-6-4-3-5-7-11/h3-7,9,17H,8H2,1-2H3,(H,18,19)(H,20,21). The third kappa shape index (κ3) is 4.45. The summed E-state index contributed by atoms with van der Waals surface area (Å²) >= 11 is 0. The number of aliphatic carboxylic acids is 2. The van der Waals surface area contributed by atoms with Gasteiger partial charge in [-0.2, -0.15) is 0 Å². The second kappa shape index (κ2) is 7.23. The lowest BCUT2D eigenvalue weighted by atomic mass is 9.97. The van der Waals surface area contributed by atoms with E-state index in [1.165, 1.54) is 13.8 Å². The van der Waals surface area contributed by atoms with Gasteiger partial charge in [-0.05, 0) is 19.4 Å². The molecule has 1 unspecified atom stereocenters. The normalized spacial score (nSPS) is 14.3. The van der Waals surface area contributed by atoms with Gasteiger partial charge in [0.15, 0.2) is 0 Å². The summed E-state index contributed by atoms with van der Waals surface area (Å²) < 4.78 is 0. The number of aliphatic hydroxyl groups excluding tert-OH is 1. The van der Waals surface area contributed by atoms with E-state index in [4.69, 9.17) is 10.2 Å². The van der Waals surface area contributed by atoms with E-state index in [2.05, 4.69) is 4.99 Å². The van der Waals surface area contributed by atoms with Gasteiger partial charge < -0.3 is 15.3 Å². The first-order valence-electron chi connectivity index (χ1n) is 6.29. The first-order valence-corrected chi connectivity index (χ1v) is 6.29. The number of nitrogens with zero attached hydrogens (tertiary/aromatic N) is 1. The molecule has 0 fully saturated rings. The van der Waals surface area contributed by atoms with Gasteiger partial charge >= 0.3 is 11.9 Å². The minimum absolute atomic E-state index is 0.137. The average Bonchev–Trinajstić information content (AvgIpc) is 2.42. The van der Waals surface area contributed by atoms with Gasteiger partial charge in [0.2, 0.25) is 0 Å². The van der Waals surface area contributed by atoms with Gasteiger partial charge in [0.25, 0.3) is 0 Å². The SMILES string of the molecule is CC(O)=C(C(=O)O)C(=NCc1ccccc1)C(C)C(=O)O. The minimum atomic E-state index is -1.41. The van der Waals surface area contributed by atoms with Crippen LogP contribution in [0.1, 0.15) is 19.4 Å². The fourth-order valence-electron chi connectivity index (χ4n) is 1.76. The molecule has 6 nitrogen and oxygen atoms in total. The topological polar surface area (TPSA) is 107 Å². The number of aliphatic imine (C=N–C) groups is 1. The number of hydrogen-bond donors (Lipinski definition) is 3. The Hall–Kier alpha value is -2.63. The van der Waals surface area contributed by atoms with E-state index in [1.807, 2.05) is 6.07 Å². The maximum absolute atomic E-state index is 11.2. The molecule has 1 atom stereocenters. The fraction of sp³-hybridized carbons (Fsp3) is 0.267. The van der Waals surface area contributed by atoms with Crippen LogP contribution in [0, 0.1) is 5.92 Å². The van der Waals surface area contributed by atoms with Crippen LogP contribution in [0.25, 0.3) is 0 Å². The van der Waals surface area contributed by atoms with Gasteiger partial charge in [0.05, 0.1) is 18.2 Å². The van der Waals surface area contributed by atoms with Crippen LogP contribution >= 0.6 is 0 Å². The molecule has 6 heteroatoms. The molecule has 0 saturated carbocycles. The van der Waals surface area contributed by atoms with E-state index >= 15 is 0 Å². The Kier molecular flexibility index (Phi) is 5.66. The van der Waals surface area contributed by atoms with Crippen LogP contribution in [-0.2, 0) is 16.1 Å². The molecule has 0 aliphatic carbocycles. The molecular formula is C15H17NO5. The molecule has 21 heavy (non-hydrogen) atoms. The van der Waals surface area contributed by atoms with Gasteiger partial charge in [-0.1, -0.05) is 30.3 Å². The van der Waals surface area contributed by atoms with E-state index in [0.29, 0.717) is 0 Å². The first-order chi connectivity index (χ1) is 9.84. The number of allylic oxidation sites excluding steroid dienone is 1. The lowest BCUT2D eigenvalue weighted by Crippen LogP contribution is -2.27. The van der Waals surface area contributed by atoms with E-state index in [9.17, 15) is 14.7 Å². The molecule has 112 valence electrons. The molecule has 0 radical (unpaired) electrons. The van der Waals surface area contributed by atoms with Crippen molar-refractivity contribution in [3.8, 4) is 0 Å². The summed E-state index contributed by atoms with van der Waals surface area (Å²) in [5.74, 6) is -4.22. The van der Waals surface area contributed by atoms with Crippen molar-refractivity contribution in [2.24, 2.45) is 10.9 Å². The molecule has 1 aromatic rings. The summed E-state index contributed by atoms with van der Waals surface area (Å²) in [5.41, 5.74) is 0.188. The number of carboxylic acid groups (broad SMARTS) is 2. The van der Waals surface area contributed by atoms with Gasteiger partial charge in [-0.15, -0.1) is 0 Å². The third-order valence-electron chi connectivity index (χ3n) is 2.89. The first kappa shape index (κ1) is 16.4. The molecular weight excluding hydrogens is 274 g/mol. The van der Waals surface area contributed by atoms with Crippen molar-refractivity contribution in [1.29, 1.82) is 0 Å². The Morgan fingerprint density at radius 3 is 2.14 bits per heavy atom. The molecule has 0 spiro atoms. The van der Waals surface area contributed by atoms with Gasteiger partial charge in [-0.3, -0.25) is 9.79 Å². The van der Waals surface area contributed by atoms with Gasteiger partial charge in [-0.25, -0.2) is 4.79 Å². The lowest BCUT2D eigenvalue weighted by Gasteiger charge is -2.13. The molecule has 0 heterocycles. The zero-order valence-electron chi connectivity index (χ0n) is 11.8. The number of hydrogen-bond acceptors (Lipinski definition) is 4. The number of carbonyl (C=O) groups is 2. The van der Waals surface area contributed by atoms with Crippen molar-refractivity contribution in [2.75, 3.05) is 0 Å². The van der Waals surface area contributed by atoms with Crippen LogP contribution in [0.15, 0.2) is 46.7 Å². The quantitative estimate of drug-likeness (QED) is 0.423. The van der Waals surface area contributed by atoms with Crippen LogP contribution < -0.4 is 0 Å². The zero-order chi connectivity index (χ0) is 16.0. The van der Waals surface area contributed by atoms with Gasteiger partial charge in [0.1, 0.15) is 11.3 Å². The predicted molar refractivity (Wildman–Crippen MR) is 77.3 cm³/mol. The van der Waals surface area contributed by atoms with Crippen LogP contribution in [-0.4, -0.2) is 33.0 Å². The zero-order valence-corrected chi connectivity index (χ0v) is 11.8. The third-order valence-corrected chi connectivity index (χ3v) is 2.89. The monoisotopic (exact) mass is 291 g/mol. The summed E-state index contributed by atoms with van der Waals surface area (Å²) in [6.07, 6.45) is 0. The number of carboxylic acids is 2. The average molecular weight is 291 g/mol. The van der Waals surface area contributed by atoms with E-state index in [-0.39, 0.29) is 12.3 Å². The summed E-state index contributed by atoms with van der Waals surface area (Å²) in [5, 5.41) is 27.7. The molecule has 0 saturated heterocycles. The molecule has 1 aromatic carbocycles. The van der Waals surface area contributed by atoms with Crippen LogP contribution in [0.2, 0.25) is 0 Å². The van der Waals surface area contributed by atoms with E-state index < -0.39 is 29.2 Å². The lowest BCUT2D eigenvalue weighted by molar-refractivity contribution is -0.138. The molecule has 0 bridgehead atoms. The highest BCUT2D eigenvalue weighted by molar-refractivity contribution is 6.24. The molecule has 0 amide bonds. The highest BCUT2D eigenvalue weighted by Gasteiger charge is 2.27. The Morgan fingerprint density at radius 1 is 1.14 bits per heavy atom. The van der Waals surface area contributed by atoms with Crippen LogP contribution in [0.4, 0.5) is 0 Å². The summed E-state index contributed by atoms with van der Waals surface area (Å²) in [4.78, 5) is 26.4. The molecule has 0 aliphatic heterocycles. The maximum Gasteiger partial charge on any atom is 0.340 e. The van der Waals surface area contributed by atoms with Crippen molar-refractivity contribution >= 4 is 17.7 Å². The van der Waals surface area contributed by atoms with Crippen molar-refractivity contribution < 1.29 is 24.9 Å². The largest absolute Gasteiger partial charge is 0.512 e. The minimum Gasteiger partial charge on any atom is -0.512 e. The maximum atomic E-state index is 11.2. The van der Waals surface area contributed by atoms with Crippen molar-refractivity contribution in [3.05, 3.63) is 47.2 Å². The summed E-state index contributed by atoms with van der Waals surface area (Å²) in [7, 11) is 0. The molecule has 0 aliphatic rings. The molecule has 0 aromatic heterocycles. The number of rotatable bonds is 6. The second-order valence-corrected chi connectivity index (χ2v) is 4.51. The van der Waals surface area contributed by atoms with E-state index in [1.54, 1.807) is 24.3 Å². The Bertz CT molecular complexity index is 585. The van der Waals surface area contributed by atoms with Crippen molar-refractivity contribution in [3.63, 3.8) is 0 Å². The highest BCUT2D eigenvalue weighted by atomic mass is 16.4. The molecule has 1 rings (SSSR count). The van der Waals surface area contributed by atoms with Crippen LogP contribution in [0.3, 0.4) is 0 Å². The summed E-state index contributed by atoms with van der Waals surface area (Å²) in [6, 6.07) is 9.02. The van der Waals surface area contributed by atoms with Gasteiger partial charge in [0, 0.05) is 0 Å². The van der Waals surface area contributed by atoms with Crippen LogP contribution in [0.5, 0.6) is 0 Å². The Balaban J connectivity index is 3.23. The highest BCUT2D eigenvalue weighted by Crippen LogP contribution is 2.15. The number of benzene rings is 1. The van der Waals surface area contributed by atoms with E-state index in [0.717, 1.165) is 5.56 Å². The van der Waals surface area contributed by atoms with Crippen molar-refractivity contribution in [1.82, 2.24) is 0 Å². The smallest absolute Gasteiger partial charge is 0.340 e. The predicted octanol–water partition coefficient (Wildman–Crippen LogP) is 2.26. The molecule has 3 N–H and O–H groups in total. The Morgan fingerprint density at radius 2 is 1.71 bits per heavy atom. The van der Waals surface area contributed by atoms with Crippen molar-refractivity contribution in [2.45, 2.75) is 20.4 Å². The fourth-order valence-corrected chi connectivity index (χ4v) is 1.76. The second-order valence-electron chi connectivity index (χ2n) is 4.51.